The molecule has 0 aromatic heterocycles. The number of phenolic OH excluding ortho intramolecular Hbond substituents is 1. The number of fused-ring (bicyclic) bond motifs is 1. The first kappa shape index (κ1) is 12.5. The average molecular weight is 252 g/mol. The van der Waals surface area contributed by atoms with Gasteiger partial charge in [0.05, 0.1) is 0 Å². The van der Waals surface area contributed by atoms with Crippen molar-refractivity contribution in [1.82, 2.24) is 0 Å². The summed E-state index contributed by atoms with van der Waals surface area (Å²) in [5.41, 5.74) is 0.505. The Morgan fingerprint density at radius 1 is 1.33 bits per heavy atom. The summed E-state index contributed by atoms with van der Waals surface area (Å²) in [6.07, 6.45) is -1.03. The van der Waals surface area contributed by atoms with Gasteiger partial charge in [-0.15, -0.1) is 0 Å². The minimum atomic E-state index is -1.08. The van der Waals surface area contributed by atoms with E-state index in [1.165, 1.54) is 6.07 Å². The maximum atomic E-state index is 10.8. The van der Waals surface area contributed by atoms with Crippen LogP contribution in [0.4, 0.5) is 0 Å². The SMILES string of the molecule is CC(C)(C)c1cc2c(cc1O)OC(C(=O)O)CO2. The lowest BCUT2D eigenvalue weighted by atomic mass is 9.86. The molecule has 0 saturated carbocycles. The number of carbonyl (C=O) groups is 1. The molecule has 0 saturated heterocycles. The van der Waals surface area contributed by atoms with Gasteiger partial charge in [-0.2, -0.15) is 0 Å². The Hall–Kier alpha value is -1.91. The van der Waals surface area contributed by atoms with E-state index < -0.39 is 12.1 Å². The highest BCUT2D eigenvalue weighted by Crippen LogP contribution is 2.41. The van der Waals surface area contributed by atoms with Crippen molar-refractivity contribution in [2.75, 3.05) is 6.61 Å². The van der Waals surface area contributed by atoms with E-state index in [9.17, 15) is 9.90 Å². The number of aliphatic carboxylic acids is 1. The lowest BCUT2D eigenvalue weighted by Gasteiger charge is -2.27. The molecule has 0 spiro atoms. The number of phenols is 1. The maximum Gasteiger partial charge on any atom is 0.348 e. The molecule has 0 fully saturated rings. The predicted octanol–water partition coefficient (Wildman–Crippen LogP) is 1.91. The van der Waals surface area contributed by atoms with Crippen LogP contribution in [0.15, 0.2) is 12.1 Å². The highest BCUT2D eigenvalue weighted by Gasteiger charge is 2.29. The summed E-state index contributed by atoms with van der Waals surface area (Å²) in [6.45, 7) is 5.88. The van der Waals surface area contributed by atoms with Gasteiger partial charge in [0.2, 0.25) is 6.10 Å². The zero-order chi connectivity index (χ0) is 13.5. The third kappa shape index (κ3) is 2.20. The Morgan fingerprint density at radius 2 is 2.00 bits per heavy atom. The summed E-state index contributed by atoms with van der Waals surface area (Å²) in [4.78, 5) is 10.8. The second-order valence-electron chi connectivity index (χ2n) is 5.32. The van der Waals surface area contributed by atoms with Crippen LogP contribution >= 0.6 is 0 Å². The van der Waals surface area contributed by atoms with Crippen molar-refractivity contribution in [3.63, 3.8) is 0 Å². The zero-order valence-electron chi connectivity index (χ0n) is 10.6. The van der Waals surface area contributed by atoms with E-state index in [0.29, 0.717) is 5.75 Å². The van der Waals surface area contributed by atoms with Gasteiger partial charge in [0.1, 0.15) is 12.4 Å². The van der Waals surface area contributed by atoms with Crippen molar-refractivity contribution >= 4 is 5.97 Å². The third-order valence-corrected chi connectivity index (χ3v) is 2.80. The Kier molecular flexibility index (Phi) is 2.84. The van der Waals surface area contributed by atoms with Crippen LogP contribution in [0.3, 0.4) is 0 Å². The first-order valence-electron chi connectivity index (χ1n) is 5.69. The highest BCUT2D eigenvalue weighted by molar-refractivity contribution is 5.73. The predicted molar refractivity (Wildman–Crippen MR) is 64.4 cm³/mol. The van der Waals surface area contributed by atoms with Crippen LogP contribution in [0.1, 0.15) is 26.3 Å². The van der Waals surface area contributed by atoms with Crippen LogP contribution < -0.4 is 9.47 Å². The zero-order valence-corrected chi connectivity index (χ0v) is 10.6. The summed E-state index contributed by atoms with van der Waals surface area (Å²) in [5, 5.41) is 18.8. The molecule has 0 radical (unpaired) electrons. The molecular weight excluding hydrogens is 236 g/mol. The lowest BCUT2D eigenvalue weighted by molar-refractivity contribution is -0.147. The maximum absolute atomic E-state index is 10.8. The minimum Gasteiger partial charge on any atom is -0.508 e. The monoisotopic (exact) mass is 252 g/mol. The first-order chi connectivity index (χ1) is 8.29. The smallest absolute Gasteiger partial charge is 0.348 e. The standard InChI is InChI=1S/C13H16O5/c1-13(2,3)7-4-9-10(5-8(7)14)18-11(6-17-9)12(15)16/h4-5,11,14H,6H2,1-3H3,(H,15,16). The van der Waals surface area contributed by atoms with E-state index in [0.717, 1.165) is 5.56 Å². The molecule has 1 unspecified atom stereocenters. The number of hydrogen-bond acceptors (Lipinski definition) is 4. The summed E-state index contributed by atoms with van der Waals surface area (Å²) in [6, 6.07) is 3.10. The molecule has 18 heavy (non-hydrogen) atoms. The van der Waals surface area contributed by atoms with Crippen molar-refractivity contribution in [2.45, 2.75) is 32.3 Å². The molecule has 1 aliphatic rings. The molecule has 5 nitrogen and oxygen atoms in total. The fraction of sp³-hybridized carbons (Fsp3) is 0.462. The molecule has 1 heterocycles. The van der Waals surface area contributed by atoms with Crippen molar-refractivity contribution in [3.8, 4) is 17.2 Å². The number of ether oxygens (including phenoxy) is 2. The molecule has 1 atom stereocenters. The van der Waals surface area contributed by atoms with Crippen molar-refractivity contribution in [3.05, 3.63) is 17.7 Å². The van der Waals surface area contributed by atoms with Crippen molar-refractivity contribution in [2.24, 2.45) is 0 Å². The van der Waals surface area contributed by atoms with Gasteiger partial charge in [0.15, 0.2) is 11.5 Å². The Labute approximate surface area is 105 Å². The summed E-state index contributed by atoms with van der Waals surface area (Å²) in [5.74, 6) is -0.273. The van der Waals surface area contributed by atoms with Gasteiger partial charge in [-0.1, -0.05) is 20.8 Å². The first-order valence-corrected chi connectivity index (χ1v) is 5.69. The van der Waals surface area contributed by atoms with Crippen LogP contribution in [0, 0.1) is 0 Å². The van der Waals surface area contributed by atoms with Crippen LogP contribution in [0.25, 0.3) is 0 Å². The van der Waals surface area contributed by atoms with Gasteiger partial charge < -0.3 is 19.7 Å². The Bertz CT molecular complexity index is 487. The van der Waals surface area contributed by atoms with Crippen LogP contribution in [-0.4, -0.2) is 28.9 Å². The number of carboxylic acid groups (broad SMARTS) is 1. The van der Waals surface area contributed by atoms with Crippen LogP contribution in [-0.2, 0) is 10.2 Å². The normalized spacial score (nSPS) is 18.5. The number of benzene rings is 1. The largest absolute Gasteiger partial charge is 0.508 e. The molecule has 2 N–H and O–H groups in total. The molecule has 1 aliphatic heterocycles. The van der Waals surface area contributed by atoms with Gasteiger partial charge in [0, 0.05) is 11.6 Å². The van der Waals surface area contributed by atoms with E-state index in [-0.39, 0.29) is 23.5 Å². The van der Waals surface area contributed by atoms with E-state index >= 15 is 0 Å². The van der Waals surface area contributed by atoms with Gasteiger partial charge in [-0.05, 0) is 11.5 Å². The van der Waals surface area contributed by atoms with E-state index in [4.69, 9.17) is 14.6 Å². The molecule has 1 aromatic carbocycles. The molecule has 0 amide bonds. The molecule has 0 bridgehead atoms. The van der Waals surface area contributed by atoms with Gasteiger partial charge in [0.25, 0.3) is 0 Å². The number of hydrogen-bond donors (Lipinski definition) is 2. The summed E-state index contributed by atoms with van der Waals surface area (Å²) in [7, 11) is 0. The van der Waals surface area contributed by atoms with Gasteiger partial charge >= 0.3 is 5.97 Å². The molecule has 2 rings (SSSR count). The molecule has 5 heteroatoms. The molecule has 1 aromatic rings. The third-order valence-electron chi connectivity index (χ3n) is 2.80. The molecular formula is C13H16O5. The number of rotatable bonds is 1. The average Bonchev–Trinajstić information content (AvgIpc) is 2.25. The summed E-state index contributed by atoms with van der Waals surface area (Å²) >= 11 is 0. The lowest BCUT2D eigenvalue weighted by Crippen LogP contribution is -2.36. The van der Waals surface area contributed by atoms with Crippen molar-refractivity contribution in [1.29, 1.82) is 0 Å². The molecule has 0 aliphatic carbocycles. The van der Waals surface area contributed by atoms with Crippen LogP contribution in [0.5, 0.6) is 17.2 Å². The molecule has 98 valence electrons. The second kappa shape index (κ2) is 4.08. The number of aromatic hydroxyl groups is 1. The topological polar surface area (TPSA) is 76.0 Å². The Balaban J connectivity index is 2.39. The second-order valence-corrected chi connectivity index (χ2v) is 5.32. The number of carboxylic acids is 1. The Morgan fingerprint density at radius 3 is 2.56 bits per heavy atom. The fourth-order valence-corrected chi connectivity index (χ4v) is 1.83. The van der Waals surface area contributed by atoms with Gasteiger partial charge in [-0.3, -0.25) is 0 Å². The van der Waals surface area contributed by atoms with Crippen molar-refractivity contribution < 1.29 is 24.5 Å². The fourth-order valence-electron chi connectivity index (χ4n) is 1.83. The minimum absolute atomic E-state index is 0.0311. The van der Waals surface area contributed by atoms with Crippen LogP contribution in [0.2, 0.25) is 0 Å². The van der Waals surface area contributed by atoms with E-state index in [1.807, 2.05) is 20.8 Å². The summed E-state index contributed by atoms with van der Waals surface area (Å²) < 4.78 is 10.6. The highest BCUT2D eigenvalue weighted by atomic mass is 16.6. The van der Waals surface area contributed by atoms with E-state index in [1.54, 1.807) is 6.07 Å². The van der Waals surface area contributed by atoms with E-state index in [2.05, 4.69) is 0 Å². The quantitative estimate of drug-likeness (QED) is 0.798. The van der Waals surface area contributed by atoms with Gasteiger partial charge in [-0.25, -0.2) is 4.79 Å².